The van der Waals surface area contributed by atoms with Crippen LogP contribution in [-0.2, 0) is 6.42 Å². The van der Waals surface area contributed by atoms with Crippen molar-refractivity contribution in [2.45, 2.75) is 19.4 Å². The number of hydrogen-bond donors (Lipinski definition) is 1. The van der Waals surface area contributed by atoms with E-state index in [9.17, 15) is 0 Å². The van der Waals surface area contributed by atoms with Gasteiger partial charge in [0.15, 0.2) is 0 Å². The third kappa shape index (κ3) is 2.04. The standard InChI is InChI=1S/C13H17NO2/c1-9(14-2)6-10-8-16-13-7-11(15-3)4-5-12(10)13/h4-5,7-9,14H,6H2,1-3H3. The monoisotopic (exact) mass is 219 g/mol. The molecular weight excluding hydrogens is 202 g/mol. The molecule has 3 heteroatoms. The van der Waals surface area contributed by atoms with Gasteiger partial charge in [-0.3, -0.25) is 0 Å². The first-order valence-corrected chi connectivity index (χ1v) is 5.46. The van der Waals surface area contributed by atoms with E-state index < -0.39 is 0 Å². The van der Waals surface area contributed by atoms with Crippen LogP contribution in [-0.4, -0.2) is 20.2 Å². The molecule has 0 aliphatic rings. The minimum atomic E-state index is 0.447. The van der Waals surface area contributed by atoms with Crippen LogP contribution in [0.4, 0.5) is 0 Å². The van der Waals surface area contributed by atoms with Crippen molar-refractivity contribution < 1.29 is 9.15 Å². The fourth-order valence-electron chi connectivity index (χ4n) is 1.78. The van der Waals surface area contributed by atoms with E-state index >= 15 is 0 Å². The summed E-state index contributed by atoms with van der Waals surface area (Å²) < 4.78 is 10.7. The first-order valence-electron chi connectivity index (χ1n) is 5.46. The van der Waals surface area contributed by atoms with Crippen LogP contribution in [0.3, 0.4) is 0 Å². The van der Waals surface area contributed by atoms with E-state index in [4.69, 9.17) is 9.15 Å². The molecule has 0 bridgehead atoms. The highest BCUT2D eigenvalue weighted by atomic mass is 16.5. The number of methoxy groups -OCH3 is 1. The number of hydrogen-bond acceptors (Lipinski definition) is 3. The summed E-state index contributed by atoms with van der Waals surface area (Å²) in [5, 5.41) is 4.39. The molecule has 0 saturated carbocycles. The summed E-state index contributed by atoms with van der Waals surface area (Å²) >= 11 is 0. The van der Waals surface area contributed by atoms with Crippen molar-refractivity contribution in [3.05, 3.63) is 30.0 Å². The zero-order valence-electron chi connectivity index (χ0n) is 9.91. The maximum atomic E-state index is 5.53. The Balaban J connectivity index is 2.34. The van der Waals surface area contributed by atoms with E-state index in [-0.39, 0.29) is 0 Å². The van der Waals surface area contributed by atoms with Gasteiger partial charge in [0.25, 0.3) is 0 Å². The molecule has 2 aromatic rings. The molecule has 3 nitrogen and oxygen atoms in total. The zero-order valence-corrected chi connectivity index (χ0v) is 9.91. The molecule has 1 aromatic heterocycles. The number of furan rings is 1. The lowest BCUT2D eigenvalue weighted by atomic mass is 10.1. The van der Waals surface area contributed by atoms with Crippen LogP contribution in [0.25, 0.3) is 11.0 Å². The highest BCUT2D eigenvalue weighted by Crippen LogP contribution is 2.26. The van der Waals surface area contributed by atoms with Crippen LogP contribution in [0, 0.1) is 0 Å². The average molecular weight is 219 g/mol. The molecule has 0 radical (unpaired) electrons. The molecule has 86 valence electrons. The van der Waals surface area contributed by atoms with Gasteiger partial charge in [-0.25, -0.2) is 0 Å². The normalized spacial score (nSPS) is 12.9. The summed E-state index contributed by atoms with van der Waals surface area (Å²) in [4.78, 5) is 0. The Bertz CT molecular complexity index is 476. The van der Waals surface area contributed by atoms with Gasteiger partial charge in [-0.15, -0.1) is 0 Å². The second-order valence-electron chi connectivity index (χ2n) is 4.02. The van der Waals surface area contributed by atoms with Crippen molar-refractivity contribution in [2.75, 3.05) is 14.2 Å². The van der Waals surface area contributed by atoms with E-state index in [1.165, 1.54) is 10.9 Å². The Kier molecular flexibility index (Phi) is 3.15. The second kappa shape index (κ2) is 4.58. The summed E-state index contributed by atoms with van der Waals surface area (Å²) in [6, 6.07) is 6.38. The van der Waals surface area contributed by atoms with Crippen molar-refractivity contribution in [2.24, 2.45) is 0 Å². The molecule has 0 aliphatic heterocycles. The van der Waals surface area contributed by atoms with Gasteiger partial charge >= 0.3 is 0 Å². The molecule has 0 spiro atoms. The van der Waals surface area contributed by atoms with Crippen molar-refractivity contribution in [1.82, 2.24) is 5.32 Å². The second-order valence-corrected chi connectivity index (χ2v) is 4.02. The number of rotatable bonds is 4. The topological polar surface area (TPSA) is 34.4 Å². The van der Waals surface area contributed by atoms with Crippen LogP contribution < -0.4 is 10.1 Å². The fourth-order valence-corrected chi connectivity index (χ4v) is 1.78. The molecule has 0 aliphatic carbocycles. The first-order chi connectivity index (χ1) is 7.74. The summed E-state index contributed by atoms with van der Waals surface area (Å²) in [6.07, 6.45) is 2.80. The van der Waals surface area contributed by atoms with Gasteiger partial charge in [0, 0.05) is 17.5 Å². The van der Waals surface area contributed by atoms with Crippen LogP contribution in [0.5, 0.6) is 5.75 Å². The van der Waals surface area contributed by atoms with Gasteiger partial charge < -0.3 is 14.5 Å². The smallest absolute Gasteiger partial charge is 0.137 e. The summed E-state index contributed by atoms with van der Waals surface area (Å²) in [6.45, 7) is 2.16. The predicted octanol–water partition coefficient (Wildman–Crippen LogP) is 2.59. The molecule has 1 aromatic carbocycles. The predicted molar refractivity (Wildman–Crippen MR) is 65.0 cm³/mol. The minimum absolute atomic E-state index is 0.447. The lowest BCUT2D eigenvalue weighted by Crippen LogP contribution is -2.23. The van der Waals surface area contributed by atoms with E-state index in [0.29, 0.717) is 6.04 Å². The third-order valence-corrected chi connectivity index (χ3v) is 2.88. The van der Waals surface area contributed by atoms with Gasteiger partial charge in [-0.05, 0) is 38.1 Å². The van der Waals surface area contributed by atoms with E-state index in [0.717, 1.165) is 17.8 Å². The quantitative estimate of drug-likeness (QED) is 0.858. The Hall–Kier alpha value is -1.48. The van der Waals surface area contributed by atoms with Crippen LogP contribution in [0.15, 0.2) is 28.9 Å². The van der Waals surface area contributed by atoms with Crippen LogP contribution >= 0.6 is 0 Å². The molecule has 2 rings (SSSR count). The van der Waals surface area contributed by atoms with Crippen molar-refractivity contribution >= 4 is 11.0 Å². The summed E-state index contributed by atoms with van der Waals surface area (Å²) in [7, 11) is 3.63. The fraction of sp³-hybridized carbons (Fsp3) is 0.385. The Morgan fingerprint density at radius 3 is 2.94 bits per heavy atom. The van der Waals surface area contributed by atoms with Gasteiger partial charge in [0.1, 0.15) is 11.3 Å². The number of nitrogens with one attached hydrogen (secondary N) is 1. The van der Waals surface area contributed by atoms with Crippen LogP contribution in [0.2, 0.25) is 0 Å². The highest BCUT2D eigenvalue weighted by molar-refractivity contribution is 5.82. The van der Waals surface area contributed by atoms with E-state index in [2.05, 4.69) is 18.3 Å². The molecule has 0 saturated heterocycles. The molecule has 1 atom stereocenters. The first kappa shape index (κ1) is 11.0. The number of ether oxygens (including phenoxy) is 1. The lowest BCUT2D eigenvalue weighted by molar-refractivity contribution is 0.414. The molecule has 1 heterocycles. The van der Waals surface area contributed by atoms with E-state index in [1.807, 2.05) is 25.4 Å². The molecular formula is C13H17NO2. The van der Waals surface area contributed by atoms with Gasteiger partial charge in [-0.1, -0.05) is 0 Å². The van der Waals surface area contributed by atoms with Crippen LogP contribution in [0.1, 0.15) is 12.5 Å². The van der Waals surface area contributed by atoms with Gasteiger partial charge in [0.05, 0.1) is 13.4 Å². The zero-order chi connectivity index (χ0) is 11.5. The summed E-state index contributed by atoms with van der Waals surface area (Å²) in [5.41, 5.74) is 2.12. The van der Waals surface area contributed by atoms with Gasteiger partial charge in [-0.2, -0.15) is 0 Å². The van der Waals surface area contributed by atoms with Gasteiger partial charge in [0.2, 0.25) is 0 Å². The van der Waals surface area contributed by atoms with Crippen molar-refractivity contribution in [1.29, 1.82) is 0 Å². The summed E-state index contributed by atoms with van der Waals surface area (Å²) in [5.74, 6) is 0.829. The maximum Gasteiger partial charge on any atom is 0.137 e. The lowest BCUT2D eigenvalue weighted by Gasteiger charge is -2.07. The maximum absolute atomic E-state index is 5.53. The Labute approximate surface area is 95.4 Å². The van der Waals surface area contributed by atoms with E-state index in [1.54, 1.807) is 7.11 Å². The SMILES string of the molecule is CNC(C)Cc1coc2cc(OC)ccc12. The minimum Gasteiger partial charge on any atom is -0.497 e. The van der Waals surface area contributed by atoms with Crippen molar-refractivity contribution in [3.8, 4) is 5.75 Å². The highest BCUT2D eigenvalue weighted by Gasteiger charge is 2.09. The molecule has 0 amide bonds. The largest absolute Gasteiger partial charge is 0.497 e. The molecule has 16 heavy (non-hydrogen) atoms. The third-order valence-electron chi connectivity index (χ3n) is 2.88. The molecule has 0 fully saturated rings. The Morgan fingerprint density at radius 2 is 2.25 bits per heavy atom. The average Bonchev–Trinajstić information content (AvgIpc) is 2.71. The number of benzene rings is 1. The Morgan fingerprint density at radius 1 is 1.44 bits per heavy atom. The molecule has 1 N–H and O–H groups in total. The van der Waals surface area contributed by atoms with Crippen molar-refractivity contribution in [3.63, 3.8) is 0 Å². The number of likely N-dealkylation sites (N-methyl/N-ethyl adjacent to an activating group) is 1. The number of fused-ring (bicyclic) bond motifs is 1. The molecule has 1 unspecified atom stereocenters.